The molecular formula is C15H11BrINO3. The number of esters is 1. The van der Waals surface area contributed by atoms with Crippen LogP contribution >= 0.6 is 38.5 Å². The summed E-state index contributed by atoms with van der Waals surface area (Å²) in [4.78, 5) is 23.1. The fourth-order valence-electron chi connectivity index (χ4n) is 1.63. The third-order valence-corrected chi connectivity index (χ3v) is 3.97. The van der Waals surface area contributed by atoms with Crippen molar-refractivity contribution in [1.29, 1.82) is 0 Å². The summed E-state index contributed by atoms with van der Waals surface area (Å²) in [5, 5.41) is 2.65. The Bertz CT molecular complexity index is 686. The number of ether oxygens (including phenoxy) is 1. The lowest BCUT2D eigenvalue weighted by molar-refractivity contribution is -0.114. The third kappa shape index (κ3) is 4.53. The van der Waals surface area contributed by atoms with Gasteiger partial charge in [0.15, 0.2) is 0 Å². The maximum atomic E-state index is 12.1. The molecule has 0 saturated heterocycles. The van der Waals surface area contributed by atoms with Gasteiger partial charge in [-0.15, -0.1) is 0 Å². The lowest BCUT2D eigenvalue weighted by Gasteiger charge is -2.07. The van der Waals surface area contributed by atoms with Gasteiger partial charge in [0.2, 0.25) is 5.91 Å². The lowest BCUT2D eigenvalue weighted by Crippen LogP contribution is -2.10. The molecule has 21 heavy (non-hydrogen) atoms. The van der Waals surface area contributed by atoms with Gasteiger partial charge in [-0.3, -0.25) is 4.79 Å². The Morgan fingerprint density at radius 1 is 1.14 bits per heavy atom. The average Bonchev–Trinajstić information content (AvgIpc) is 2.43. The van der Waals surface area contributed by atoms with Crippen LogP contribution in [0.5, 0.6) is 5.75 Å². The minimum atomic E-state index is -0.423. The van der Waals surface area contributed by atoms with Crippen molar-refractivity contribution < 1.29 is 14.3 Å². The van der Waals surface area contributed by atoms with Crippen LogP contribution in [0.2, 0.25) is 0 Å². The van der Waals surface area contributed by atoms with Crippen LogP contribution in [0.1, 0.15) is 17.3 Å². The Morgan fingerprint density at radius 3 is 2.43 bits per heavy atom. The average molecular weight is 460 g/mol. The number of carbonyl (C=O) groups excluding carboxylic acids is 2. The zero-order chi connectivity index (χ0) is 15.4. The molecule has 0 unspecified atom stereocenters. The molecule has 2 aromatic carbocycles. The molecular weight excluding hydrogens is 449 g/mol. The number of carbonyl (C=O) groups is 2. The van der Waals surface area contributed by atoms with E-state index in [4.69, 9.17) is 4.74 Å². The lowest BCUT2D eigenvalue weighted by atomic mass is 10.2. The zero-order valence-corrected chi connectivity index (χ0v) is 14.8. The van der Waals surface area contributed by atoms with E-state index < -0.39 is 5.97 Å². The van der Waals surface area contributed by atoms with E-state index in [-0.39, 0.29) is 5.91 Å². The molecule has 0 bridgehead atoms. The Morgan fingerprint density at radius 2 is 1.81 bits per heavy atom. The van der Waals surface area contributed by atoms with E-state index in [9.17, 15) is 9.59 Å². The number of hydrogen-bond acceptors (Lipinski definition) is 3. The SMILES string of the molecule is CC(=O)Nc1ccc(OC(=O)c2cc(Br)ccc2I)cc1. The van der Waals surface area contributed by atoms with Gasteiger partial charge in [0, 0.05) is 20.7 Å². The van der Waals surface area contributed by atoms with Gasteiger partial charge >= 0.3 is 5.97 Å². The fourth-order valence-corrected chi connectivity index (χ4v) is 2.54. The van der Waals surface area contributed by atoms with Crippen molar-refractivity contribution in [2.75, 3.05) is 5.32 Å². The van der Waals surface area contributed by atoms with Crippen molar-refractivity contribution in [1.82, 2.24) is 0 Å². The minimum absolute atomic E-state index is 0.150. The summed E-state index contributed by atoms with van der Waals surface area (Å²) in [6.07, 6.45) is 0. The van der Waals surface area contributed by atoms with Crippen molar-refractivity contribution in [3.8, 4) is 5.75 Å². The minimum Gasteiger partial charge on any atom is -0.423 e. The topological polar surface area (TPSA) is 55.4 Å². The predicted molar refractivity (Wildman–Crippen MR) is 92.6 cm³/mol. The number of nitrogens with one attached hydrogen (secondary N) is 1. The zero-order valence-electron chi connectivity index (χ0n) is 11.0. The van der Waals surface area contributed by atoms with E-state index in [1.807, 2.05) is 12.1 Å². The summed E-state index contributed by atoms with van der Waals surface area (Å²) in [6.45, 7) is 1.43. The molecule has 0 aromatic heterocycles. The number of benzene rings is 2. The van der Waals surface area contributed by atoms with Gasteiger partial charge in [-0.1, -0.05) is 15.9 Å². The molecule has 2 aromatic rings. The molecule has 0 aliphatic rings. The highest BCUT2D eigenvalue weighted by atomic mass is 127. The van der Waals surface area contributed by atoms with Crippen molar-refractivity contribution in [2.24, 2.45) is 0 Å². The summed E-state index contributed by atoms with van der Waals surface area (Å²) >= 11 is 5.42. The second-order valence-corrected chi connectivity index (χ2v) is 6.30. The summed E-state index contributed by atoms with van der Waals surface area (Å²) in [6, 6.07) is 12.0. The molecule has 0 aliphatic heterocycles. The number of hydrogen-bond donors (Lipinski definition) is 1. The van der Waals surface area contributed by atoms with Gasteiger partial charge in [-0.05, 0) is 65.1 Å². The molecule has 2 rings (SSSR count). The van der Waals surface area contributed by atoms with Crippen LogP contribution < -0.4 is 10.1 Å². The highest BCUT2D eigenvalue weighted by molar-refractivity contribution is 14.1. The third-order valence-electron chi connectivity index (χ3n) is 2.53. The number of anilines is 1. The monoisotopic (exact) mass is 459 g/mol. The van der Waals surface area contributed by atoms with Gasteiger partial charge in [0.05, 0.1) is 5.56 Å². The first-order chi connectivity index (χ1) is 9.95. The Hall–Kier alpha value is -1.41. The predicted octanol–water partition coefficient (Wildman–Crippen LogP) is 4.23. The molecule has 0 radical (unpaired) electrons. The first kappa shape index (κ1) is 16.0. The maximum Gasteiger partial charge on any atom is 0.344 e. The second kappa shape index (κ2) is 7.04. The van der Waals surface area contributed by atoms with E-state index >= 15 is 0 Å². The van der Waals surface area contributed by atoms with Gasteiger partial charge in [0.25, 0.3) is 0 Å². The summed E-state index contributed by atoms with van der Waals surface area (Å²) < 4.78 is 6.95. The van der Waals surface area contributed by atoms with Gasteiger partial charge in [-0.25, -0.2) is 4.79 Å². The smallest absolute Gasteiger partial charge is 0.344 e. The number of rotatable bonds is 3. The summed E-state index contributed by atoms with van der Waals surface area (Å²) in [7, 11) is 0. The largest absolute Gasteiger partial charge is 0.423 e. The molecule has 4 nitrogen and oxygen atoms in total. The molecule has 0 heterocycles. The van der Waals surface area contributed by atoms with Crippen LogP contribution in [0.4, 0.5) is 5.69 Å². The number of halogens is 2. The Labute approximate surface area is 144 Å². The fraction of sp³-hybridized carbons (Fsp3) is 0.0667. The maximum absolute atomic E-state index is 12.1. The molecule has 1 amide bonds. The van der Waals surface area contributed by atoms with Crippen molar-refractivity contribution in [3.05, 3.63) is 56.1 Å². The molecule has 6 heteroatoms. The van der Waals surface area contributed by atoms with Crippen LogP contribution in [0, 0.1) is 3.57 Å². The highest BCUT2D eigenvalue weighted by Gasteiger charge is 2.13. The molecule has 0 spiro atoms. The van der Waals surface area contributed by atoms with Crippen molar-refractivity contribution in [3.63, 3.8) is 0 Å². The van der Waals surface area contributed by atoms with Crippen LogP contribution in [0.25, 0.3) is 0 Å². The van der Waals surface area contributed by atoms with E-state index in [0.717, 1.165) is 8.04 Å². The highest BCUT2D eigenvalue weighted by Crippen LogP contribution is 2.21. The second-order valence-electron chi connectivity index (χ2n) is 4.22. The molecule has 0 atom stereocenters. The number of amides is 1. The van der Waals surface area contributed by atoms with Crippen LogP contribution in [-0.2, 0) is 4.79 Å². The summed E-state index contributed by atoms with van der Waals surface area (Å²) in [5.74, 6) is -0.152. The molecule has 0 saturated carbocycles. The standard InChI is InChI=1S/C15H11BrINO3/c1-9(19)18-11-3-5-12(6-4-11)21-15(20)13-8-10(16)2-7-14(13)17/h2-8H,1H3,(H,18,19). The van der Waals surface area contributed by atoms with E-state index in [1.165, 1.54) is 6.92 Å². The van der Waals surface area contributed by atoms with Crippen LogP contribution in [-0.4, -0.2) is 11.9 Å². The Balaban J connectivity index is 2.12. The van der Waals surface area contributed by atoms with E-state index in [0.29, 0.717) is 17.0 Å². The van der Waals surface area contributed by atoms with Gasteiger partial charge < -0.3 is 10.1 Å². The van der Waals surface area contributed by atoms with Crippen LogP contribution in [0.15, 0.2) is 46.9 Å². The van der Waals surface area contributed by atoms with Crippen molar-refractivity contribution >= 4 is 56.1 Å². The van der Waals surface area contributed by atoms with Crippen LogP contribution in [0.3, 0.4) is 0 Å². The normalized spacial score (nSPS) is 10.0. The van der Waals surface area contributed by atoms with Gasteiger partial charge in [0.1, 0.15) is 5.75 Å². The van der Waals surface area contributed by atoms with Crippen molar-refractivity contribution in [2.45, 2.75) is 6.92 Å². The molecule has 0 aliphatic carbocycles. The summed E-state index contributed by atoms with van der Waals surface area (Å²) in [5.41, 5.74) is 1.15. The quantitative estimate of drug-likeness (QED) is 0.424. The van der Waals surface area contributed by atoms with E-state index in [1.54, 1.807) is 30.3 Å². The molecule has 1 N–H and O–H groups in total. The molecule has 108 valence electrons. The van der Waals surface area contributed by atoms with E-state index in [2.05, 4.69) is 43.8 Å². The van der Waals surface area contributed by atoms with Gasteiger partial charge in [-0.2, -0.15) is 0 Å². The molecule has 0 fully saturated rings. The Kier molecular flexibility index (Phi) is 5.35. The first-order valence-corrected chi connectivity index (χ1v) is 7.88. The first-order valence-electron chi connectivity index (χ1n) is 6.00.